The summed E-state index contributed by atoms with van der Waals surface area (Å²) in [6.07, 6.45) is 1.55. The minimum absolute atomic E-state index is 0.0290. The maximum absolute atomic E-state index is 13.5. The Bertz CT molecular complexity index is 1190. The Morgan fingerprint density at radius 1 is 1.23 bits per heavy atom. The standard InChI is InChI=1S/C22H26N4O4S/c1-4-5-12-25-19(23)18(20(27)24-22(25)29)26(21(28)17-11-10-14(2)31-17)13-15-8-6-7-9-16(15)30-3/h6-11H,4-5,12-13,23H2,1-3H3,(H,24,27,29). The third-order valence-electron chi connectivity index (χ3n) is 4.94. The molecule has 3 rings (SSSR count). The minimum atomic E-state index is -0.702. The topological polar surface area (TPSA) is 110 Å². The molecule has 1 aromatic carbocycles. The summed E-state index contributed by atoms with van der Waals surface area (Å²) in [5.41, 5.74) is 5.67. The first-order valence-corrected chi connectivity index (χ1v) is 10.8. The molecule has 8 nitrogen and oxygen atoms in total. The first kappa shape index (κ1) is 22.4. The zero-order valence-corrected chi connectivity index (χ0v) is 18.6. The molecule has 0 radical (unpaired) electrons. The van der Waals surface area contributed by atoms with Crippen molar-refractivity contribution >= 4 is 28.7 Å². The lowest BCUT2D eigenvalue weighted by Gasteiger charge is -2.25. The molecule has 3 N–H and O–H groups in total. The number of carbonyl (C=O) groups excluding carboxylic acids is 1. The molecule has 0 aliphatic carbocycles. The Balaban J connectivity index is 2.17. The molecule has 0 atom stereocenters. The number of aromatic amines is 1. The number of anilines is 2. The fraction of sp³-hybridized carbons (Fsp3) is 0.318. The maximum Gasteiger partial charge on any atom is 0.330 e. The number of nitrogens with two attached hydrogens (primary N) is 1. The highest BCUT2D eigenvalue weighted by molar-refractivity contribution is 7.14. The lowest BCUT2D eigenvalue weighted by molar-refractivity contribution is 0.0988. The number of amides is 1. The van der Waals surface area contributed by atoms with Gasteiger partial charge in [-0.2, -0.15) is 0 Å². The number of methoxy groups -OCH3 is 1. The van der Waals surface area contributed by atoms with Crippen molar-refractivity contribution < 1.29 is 9.53 Å². The van der Waals surface area contributed by atoms with Crippen molar-refractivity contribution in [2.75, 3.05) is 17.7 Å². The molecule has 3 aromatic rings. The van der Waals surface area contributed by atoms with Gasteiger partial charge in [0.2, 0.25) is 0 Å². The number of hydrogen-bond donors (Lipinski definition) is 2. The smallest absolute Gasteiger partial charge is 0.330 e. The molecule has 164 valence electrons. The molecule has 9 heteroatoms. The van der Waals surface area contributed by atoms with Crippen molar-refractivity contribution in [1.29, 1.82) is 0 Å². The third-order valence-corrected chi connectivity index (χ3v) is 5.93. The average molecular weight is 443 g/mol. The zero-order valence-electron chi connectivity index (χ0n) is 17.8. The van der Waals surface area contributed by atoms with Gasteiger partial charge in [0.15, 0.2) is 5.69 Å². The number of para-hydroxylation sites is 1. The molecule has 31 heavy (non-hydrogen) atoms. The molecule has 1 amide bonds. The first-order valence-electron chi connectivity index (χ1n) is 10.00. The summed E-state index contributed by atoms with van der Waals surface area (Å²) in [6, 6.07) is 10.8. The van der Waals surface area contributed by atoms with Gasteiger partial charge in [-0.05, 0) is 31.5 Å². The van der Waals surface area contributed by atoms with Crippen LogP contribution < -0.4 is 26.6 Å². The quantitative estimate of drug-likeness (QED) is 0.557. The van der Waals surface area contributed by atoms with E-state index in [1.807, 2.05) is 38.1 Å². The van der Waals surface area contributed by atoms with Crippen LogP contribution in [-0.2, 0) is 13.1 Å². The summed E-state index contributed by atoms with van der Waals surface area (Å²) in [7, 11) is 1.54. The van der Waals surface area contributed by atoms with E-state index in [4.69, 9.17) is 10.5 Å². The van der Waals surface area contributed by atoms with Gasteiger partial charge in [0.25, 0.3) is 11.5 Å². The molecule has 0 aliphatic rings. The molecule has 0 fully saturated rings. The second-order valence-corrected chi connectivity index (χ2v) is 8.40. The lowest BCUT2D eigenvalue weighted by Crippen LogP contribution is -2.40. The Morgan fingerprint density at radius 2 is 1.97 bits per heavy atom. The van der Waals surface area contributed by atoms with Gasteiger partial charge in [0, 0.05) is 17.0 Å². The number of H-pyrrole nitrogens is 1. The average Bonchev–Trinajstić information content (AvgIpc) is 3.18. The van der Waals surface area contributed by atoms with Crippen LogP contribution in [0.5, 0.6) is 5.75 Å². The van der Waals surface area contributed by atoms with E-state index < -0.39 is 11.2 Å². The van der Waals surface area contributed by atoms with E-state index in [0.717, 1.165) is 11.3 Å². The van der Waals surface area contributed by atoms with Crippen molar-refractivity contribution in [3.63, 3.8) is 0 Å². The normalized spacial score (nSPS) is 10.8. The number of aryl methyl sites for hydroxylation is 1. The molecule has 0 saturated carbocycles. The summed E-state index contributed by atoms with van der Waals surface area (Å²) in [5, 5.41) is 0. The molecule has 0 aliphatic heterocycles. The number of rotatable bonds is 8. The highest BCUT2D eigenvalue weighted by atomic mass is 32.1. The summed E-state index contributed by atoms with van der Waals surface area (Å²) in [4.78, 5) is 43.7. The minimum Gasteiger partial charge on any atom is -0.496 e. The Morgan fingerprint density at radius 3 is 2.61 bits per heavy atom. The summed E-state index contributed by atoms with van der Waals surface area (Å²) >= 11 is 1.33. The number of nitrogens with one attached hydrogen (secondary N) is 1. The van der Waals surface area contributed by atoms with Crippen LogP contribution in [0, 0.1) is 6.92 Å². The molecular weight excluding hydrogens is 416 g/mol. The van der Waals surface area contributed by atoms with Gasteiger partial charge in [-0.3, -0.25) is 24.0 Å². The fourth-order valence-corrected chi connectivity index (χ4v) is 4.13. The van der Waals surface area contributed by atoms with Gasteiger partial charge in [-0.25, -0.2) is 4.79 Å². The monoisotopic (exact) mass is 442 g/mol. The van der Waals surface area contributed by atoms with Crippen LogP contribution in [-0.4, -0.2) is 22.6 Å². The van der Waals surface area contributed by atoms with E-state index in [9.17, 15) is 14.4 Å². The van der Waals surface area contributed by atoms with E-state index >= 15 is 0 Å². The molecule has 0 bridgehead atoms. The largest absolute Gasteiger partial charge is 0.496 e. The first-order chi connectivity index (χ1) is 14.9. The van der Waals surface area contributed by atoms with Crippen LogP contribution >= 0.6 is 11.3 Å². The van der Waals surface area contributed by atoms with Gasteiger partial charge in [0.05, 0.1) is 18.5 Å². The van der Waals surface area contributed by atoms with E-state index in [1.54, 1.807) is 19.2 Å². The number of hydrogen-bond acceptors (Lipinski definition) is 6. The number of carbonyl (C=O) groups is 1. The van der Waals surface area contributed by atoms with Crippen molar-refractivity contribution in [1.82, 2.24) is 9.55 Å². The van der Waals surface area contributed by atoms with Crippen molar-refractivity contribution in [2.45, 2.75) is 39.8 Å². The predicted molar refractivity (Wildman–Crippen MR) is 123 cm³/mol. The van der Waals surface area contributed by atoms with Crippen LogP contribution in [0.1, 0.15) is 39.9 Å². The van der Waals surface area contributed by atoms with Crippen molar-refractivity contribution in [3.8, 4) is 5.75 Å². The molecule has 2 aromatic heterocycles. The highest BCUT2D eigenvalue weighted by Gasteiger charge is 2.27. The Hall–Kier alpha value is -3.33. The van der Waals surface area contributed by atoms with E-state index in [-0.39, 0.29) is 24.0 Å². The van der Waals surface area contributed by atoms with Crippen LogP contribution in [0.3, 0.4) is 0 Å². The van der Waals surface area contributed by atoms with Crippen LogP contribution in [0.4, 0.5) is 11.5 Å². The maximum atomic E-state index is 13.5. The predicted octanol–water partition coefficient (Wildman–Crippen LogP) is 3.14. The van der Waals surface area contributed by atoms with Crippen LogP contribution in [0.15, 0.2) is 46.0 Å². The number of benzene rings is 1. The zero-order chi connectivity index (χ0) is 22.5. The van der Waals surface area contributed by atoms with Crippen molar-refractivity contribution in [3.05, 3.63) is 72.6 Å². The summed E-state index contributed by atoms with van der Waals surface area (Å²) in [5.74, 6) is 0.178. The molecule has 0 unspecified atom stereocenters. The summed E-state index contributed by atoms with van der Waals surface area (Å²) in [6.45, 7) is 4.29. The molecule has 2 heterocycles. The van der Waals surface area contributed by atoms with Gasteiger partial charge in [-0.15, -0.1) is 11.3 Å². The van der Waals surface area contributed by atoms with Gasteiger partial charge < -0.3 is 10.5 Å². The van der Waals surface area contributed by atoms with E-state index in [2.05, 4.69) is 4.98 Å². The number of ether oxygens (including phenoxy) is 1. The number of thiophene rings is 1. The van der Waals surface area contributed by atoms with Crippen LogP contribution in [0.2, 0.25) is 0 Å². The van der Waals surface area contributed by atoms with Gasteiger partial charge in [0.1, 0.15) is 11.6 Å². The van der Waals surface area contributed by atoms with E-state index in [1.165, 1.54) is 20.8 Å². The number of aromatic nitrogens is 2. The SMILES string of the molecule is CCCCn1c(N)c(N(Cc2ccccc2OC)C(=O)c2ccc(C)s2)c(=O)[nH]c1=O. The Labute approximate surface area is 183 Å². The number of nitrogen functional groups attached to an aromatic ring is 1. The van der Waals surface area contributed by atoms with E-state index in [0.29, 0.717) is 29.2 Å². The number of unbranched alkanes of at least 4 members (excludes halogenated alkanes) is 1. The number of nitrogens with zero attached hydrogens (tertiary/aromatic N) is 2. The Kier molecular flexibility index (Phi) is 6.96. The van der Waals surface area contributed by atoms with Crippen molar-refractivity contribution in [2.24, 2.45) is 0 Å². The highest BCUT2D eigenvalue weighted by Crippen LogP contribution is 2.27. The third kappa shape index (κ3) is 4.72. The second kappa shape index (κ2) is 9.65. The molecule has 0 spiro atoms. The van der Waals surface area contributed by atoms with Gasteiger partial charge >= 0.3 is 5.69 Å². The lowest BCUT2D eigenvalue weighted by atomic mass is 10.1. The molecular formula is C22H26N4O4S. The summed E-state index contributed by atoms with van der Waals surface area (Å²) < 4.78 is 6.73. The van der Waals surface area contributed by atoms with Crippen LogP contribution in [0.25, 0.3) is 0 Å². The second-order valence-electron chi connectivity index (χ2n) is 7.11. The van der Waals surface area contributed by atoms with Gasteiger partial charge in [-0.1, -0.05) is 31.5 Å². The molecule has 0 saturated heterocycles. The fourth-order valence-electron chi connectivity index (χ4n) is 3.32.